The number of aliphatic hydroxyl groups is 1. The molecule has 3 heteroatoms. The number of carbonyl (C=O) groups is 1. The maximum Gasteiger partial charge on any atom is 0.176 e. The highest BCUT2D eigenvalue weighted by Crippen LogP contribution is 2.66. The average molecular weight is 402 g/mol. The lowest BCUT2D eigenvalue weighted by Gasteiger charge is -2.61. The van der Waals surface area contributed by atoms with Gasteiger partial charge in [-0.3, -0.25) is 4.79 Å². The van der Waals surface area contributed by atoms with E-state index < -0.39 is 5.54 Å². The summed E-state index contributed by atoms with van der Waals surface area (Å²) >= 11 is 0. The first-order valence-electron chi connectivity index (χ1n) is 12.3. The Labute approximate surface area is 177 Å². The molecule has 0 radical (unpaired) electrons. The van der Waals surface area contributed by atoms with Crippen molar-refractivity contribution in [2.24, 2.45) is 40.2 Å². The molecule has 4 aliphatic carbocycles. The minimum Gasteiger partial charge on any atom is -0.393 e. The zero-order valence-corrected chi connectivity index (χ0v) is 19.2. The molecule has 0 amide bonds. The van der Waals surface area contributed by atoms with E-state index in [2.05, 4.69) is 27.7 Å². The fourth-order valence-electron chi connectivity index (χ4n) is 8.14. The average Bonchev–Trinajstić information content (AvgIpc) is 2.99. The van der Waals surface area contributed by atoms with Crippen LogP contribution in [-0.2, 0) is 4.79 Å². The standard InChI is InChI=1S/C26H43NO2/c1-17(2)7-5-6-8-18-9-10-21-24(18,3)14-12-22-25(4)13-11-20(28)15-19(25)16-23(29)26(21,22)27/h16-18,20-22,28H,5-15,27H2,1-4H3/t18-,20-,21?,22+,24+,25-,26+/m0/s1. The molecule has 0 heterocycles. The van der Waals surface area contributed by atoms with Crippen molar-refractivity contribution in [1.82, 2.24) is 0 Å². The zero-order valence-electron chi connectivity index (χ0n) is 19.2. The summed E-state index contributed by atoms with van der Waals surface area (Å²) in [6.07, 6.45) is 14.0. The van der Waals surface area contributed by atoms with Crippen LogP contribution in [0.1, 0.15) is 98.3 Å². The number of hydrogen-bond acceptors (Lipinski definition) is 3. The lowest BCUT2D eigenvalue weighted by Crippen LogP contribution is -2.70. The third-order valence-corrected chi connectivity index (χ3v) is 9.93. The van der Waals surface area contributed by atoms with Gasteiger partial charge in [-0.2, -0.15) is 0 Å². The van der Waals surface area contributed by atoms with Gasteiger partial charge in [0.15, 0.2) is 5.78 Å². The summed E-state index contributed by atoms with van der Waals surface area (Å²) in [6, 6.07) is 0. The number of hydrogen-bond donors (Lipinski definition) is 2. The van der Waals surface area contributed by atoms with Crippen LogP contribution in [0.5, 0.6) is 0 Å². The number of ketones is 1. The van der Waals surface area contributed by atoms with Gasteiger partial charge in [0, 0.05) is 0 Å². The van der Waals surface area contributed by atoms with Gasteiger partial charge in [0.25, 0.3) is 0 Å². The Balaban J connectivity index is 1.57. The highest BCUT2D eigenvalue weighted by molar-refractivity contribution is 6.00. The molecule has 0 bridgehead atoms. The minimum atomic E-state index is -0.694. The second-order valence-corrected chi connectivity index (χ2v) is 11.9. The van der Waals surface area contributed by atoms with Crippen molar-refractivity contribution in [3.63, 3.8) is 0 Å². The summed E-state index contributed by atoms with van der Waals surface area (Å²) < 4.78 is 0. The van der Waals surface area contributed by atoms with E-state index in [1.807, 2.05) is 6.08 Å². The molecule has 7 atom stereocenters. The molecule has 0 saturated heterocycles. The first-order chi connectivity index (χ1) is 13.6. The first-order valence-corrected chi connectivity index (χ1v) is 12.3. The van der Waals surface area contributed by atoms with Crippen molar-refractivity contribution in [3.05, 3.63) is 11.6 Å². The quantitative estimate of drug-likeness (QED) is 0.606. The lowest BCUT2D eigenvalue weighted by atomic mass is 9.44. The van der Waals surface area contributed by atoms with Gasteiger partial charge in [0.05, 0.1) is 11.6 Å². The predicted molar refractivity (Wildman–Crippen MR) is 118 cm³/mol. The topological polar surface area (TPSA) is 63.3 Å². The van der Waals surface area contributed by atoms with Crippen molar-refractivity contribution in [1.29, 1.82) is 0 Å². The van der Waals surface area contributed by atoms with Crippen LogP contribution in [0.25, 0.3) is 0 Å². The zero-order chi connectivity index (χ0) is 21.0. The maximum absolute atomic E-state index is 13.5. The second kappa shape index (κ2) is 7.48. The third-order valence-electron chi connectivity index (χ3n) is 9.93. The molecule has 4 aliphatic rings. The molecule has 0 aliphatic heterocycles. The summed E-state index contributed by atoms with van der Waals surface area (Å²) in [7, 11) is 0. The summed E-state index contributed by atoms with van der Waals surface area (Å²) in [6.45, 7) is 9.42. The molecule has 164 valence electrons. The Morgan fingerprint density at radius 3 is 2.59 bits per heavy atom. The Kier molecular flexibility index (Phi) is 5.56. The van der Waals surface area contributed by atoms with Gasteiger partial charge < -0.3 is 10.8 Å². The predicted octanol–water partition coefficient (Wildman–Crippen LogP) is 5.40. The monoisotopic (exact) mass is 401 g/mol. The van der Waals surface area contributed by atoms with E-state index in [0.717, 1.165) is 37.5 Å². The van der Waals surface area contributed by atoms with Crippen molar-refractivity contribution in [3.8, 4) is 0 Å². The molecule has 3 fully saturated rings. The van der Waals surface area contributed by atoms with Gasteiger partial charge in [-0.1, -0.05) is 52.5 Å². The molecule has 0 spiro atoms. The molecule has 3 nitrogen and oxygen atoms in total. The normalized spacial score (nSPS) is 46.9. The van der Waals surface area contributed by atoms with E-state index in [-0.39, 0.29) is 28.6 Å². The molecular weight excluding hydrogens is 358 g/mol. The fraction of sp³-hybridized carbons (Fsp3) is 0.885. The van der Waals surface area contributed by atoms with E-state index in [4.69, 9.17) is 5.73 Å². The number of carbonyl (C=O) groups excluding carboxylic acids is 1. The molecule has 0 aromatic carbocycles. The van der Waals surface area contributed by atoms with Gasteiger partial charge in [-0.25, -0.2) is 0 Å². The highest BCUT2D eigenvalue weighted by Gasteiger charge is 2.66. The van der Waals surface area contributed by atoms with E-state index >= 15 is 0 Å². The van der Waals surface area contributed by atoms with Crippen LogP contribution < -0.4 is 5.73 Å². The van der Waals surface area contributed by atoms with Gasteiger partial charge in [0.1, 0.15) is 0 Å². The van der Waals surface area contributed by atoms with Crippen LogP contribution in [0.3, 0.4) is 0 Å². The summed E-state index contributed by atoms with van der Waals surface area (Å²) in [4.78, 5) is 13.5. The first kappa shape index (κ1) is 21.6. The van der Waals surface area contributed by atoms with E-state index in [1.54, 1.807) is 0 Å². The molecule has 29 heavy (non-hydrogen) atoms. The van der Waals surface area contributed by atoms with E-state index in [1.165, 1.54) is 44.1 Å². The Bertz CT molecular complexity index is 684. The summed E-state index contributed by atoms with van der Waals surface area (Å²) in [5.41, 5.74) is 7.91. The van der Waals surface area contributed by atoms with Crippen molar-refractivity contribution in [2.75, 3.05) is 0 Å². The Hall–Kier alpha value is -0.670. The van der Waals surface area contributed by atoms with Crippen LogP contribution in [0.15, 0.2) is 11.6 Å². The Morgan fingerprint density at radius 2 is 1.86 bits per heavy atom. The number of fused-ring (bicyclic) bond motifs is 5. The van der Waals surface area contributed by atoms with E-state index in [0.29, 0.717) is 12.3 Å². The van der Waals surface area contributed by atoms with Crippen LogP contribution >= 0.6 is 0 Å². The van der Waals surface area contributed by atoms with Crippen LogP contribution in [0.4, 0.5) is 0 Å². The maximum atomic E-state index is 13.5. The molecule has 1 unspecified atom stereocenters. The van der Waals surface area contributed by atoms with Crippen molar-refractivity contribution >= 4 is 5.78 Å². The molecule has 0 aromatic rings. The van der Waals surface area contributed by atoms with Gasteiger partial charge in [0.2, 0.25) is 0 Å². The Morgan fingerprint density at radius 1 is 1.10 bits per heavy atom. The second-order valence-electron chi connectivity index (χ2n) is 11.9. The van der Waals surface area contributed by atoms with Gasteiger partial charge in [-0.05, 0) is 91.9 Å². The minimum absolute atomic E-state index is 0.00142. The van der Waals surface area contributed by atoms with Crippen molar-refractivity contribution in [2.45, 2.75) is 110 Å². The molecule has 3 saturated carbocycles. The molecule has 0 aromatic heterocycles. The fourth-order valence-corrected chi connectivity index (χ4v) is 8.14. The van der Waals surface area contributed by atoms with Gasteiger partial charge in [-0.15, -0.1) is 0 Å². The number of unbranched alkanes of at least 4 members (excludes halogenated alkanes) is 1. The molecule has 3 N–H and O–H groups in total. The van der Waals surface area contributed by atoms with Crippen molar-refractivity contribution < 1.29 is 9.90 Å². The van der Waals surface area contributed by atoms with E-state index in [9.17, 15) is 9.90 Å². The lowest BCUT2D eigenvalue weighted by molar-refractivity contribution is -0.139. The number of aliphatic hydroxyl groups excluding tert-OH is 1. The molecule has 4 rings (SSSR count). The highest BCUT2D eigenvalue weighted by atomic mass is 16.3. The van der Waals surface area contributed by atoms with Crippen LogP contribution in [-0.4, -0.2) is 22.5 Å². The SMILES string of the molecule is CC(C)CCCC[C@H]1CCC2[C@]1(C)CC[C@@H]1[C@@]3(C)CC[C@H](O)CC3=CC(=O)[C@@]21N. The summed E-state index contributed by atoms with van der Waals surface area (Å²) in [5.74, 6) is 2.24. The summed E-state index contributed by atoms with van der Waals surface area (Å²) in [5, 5.41) is 10.2. The number of rotatable bonds is 5. The van der Waals surface area contributed by atoms with Crippen LogP contribution in [0.2, 0.25) is 0 Å². The third kappa shape index (κ3) is 3.26. The molecular formula is C26H43NO2. The van der Waals surface area contributed by atoms with Gasteiger partial charge >= 0.3 is 0 Å². The largest absolute Gasteiger partial charge is 0.393 e. The van der Waals surface area contributed by atoms with Crippen LogP contribution in [0, 0.1) is 34.5 Å². The smallest absolute Gasteiger partial charge is 0.176 e. The number of nitrogens with two attached hydrogens (primary N) is 1.